The smallest absolute Gasteiger partial charge is 0.392 e. The molecule has 0 spiro atoms. The molecule has 0 unspecified atom stereocenters. The standard InChI is InChI=1S/C19H20ClF3N4O3/c1-3-9-26-16(28)14-15(25(2)18(26)29)24-17(30-10-8-19(21,22)23)27(14)11-12-4-6-13(20)7-5-12/h4-7H,3,8-11H2,1-2H3. The summed E-state index contributed by atoms with van der Waals surface area (Å²) in [7, 11) is 1.45. The van der Waals surface area contributed by atoms with E-state index in [1.165, 1.54) is 16.2 Å². The normalized spacial score (nSPS) is 11.9. The van der Waals surface area contributed by atoms with Gasteiger partial charge in [0.05, 0.1) is 13.0 Å². The van der Waals surface area contributed by atoms with Crippen LogP contribution in [0.25, 0.3) is 11.2 Å². The van der Waals surface area contributed by atoms with Gasteiger partial charge < -0.3 is 4.74 Å². The molecule has 0 fully saturated rings. The van der Waals surface area contributed by atoms with Crippen molar-refractivity contribution in [3.05, 3.63) is 55.7 Å². The molecule has 162 valence electrons. The molecule has 0 atom stereocenters. The number of hydrogen-bond donors (Lipinski definition) is 0. The Morgan fingerprint density at radius 2 is 1.80 bits per heavy atom. The van der Waals surface area contributed by atoms with Gasteiger partial charge in [-0.05, 0) is 24.1 Å². The molecule has 0 saturated carbocycles. The molecule has 3 rings (SSSR count). The van der Waals surface area contributed by atoms with Crippen molar-refractivity contribution >= 4 is 22.8 Å². The zero-order valence-electron chi connectivity index (χ0n) is 16.4. The molecule has 3 aromatic rings. The third kappa shape index (κ3) is 4.53. The Balaban J connectivity index is 2.16. The van der Waals surface area contributed by atoms with E-state index >= 15 is 0 Å². The van der Waals surface area contributed by atoms with Crippen LogP contribution in [0.2, 0.25) is 5.02 Å². The summed E-state index contributed by atoms with van der Waals surface area (Å²) < 4.78 is 46.6. The van der Waals surface area contributed by atoms with Gasteiger partial charge in [0.2, 0.25) is 0 Å². The number of fused-ring (bicyclic) bond motifs is 1. The molecule has 0 aliphatic carbocycles. The second-order valence-corrected chi connectivity index (χ2v) is 7.23. The molecule has 11 heteroatoms. The van der Waals surface area contributed by atoms with Crippen LogP contribution in [-0.4, -0.2) is 31.5 Å². The first-order valence-corrected chi connectivity index (χ1v) is 9.64. The number of hydrogen-bond acceptors (Lipinski definition) is 4. The number of benzene rings is 1. The molecule has 0 saturated heterocycles. The van der Waals surface area contributed by atoms with E-state index in [0.29, 0.717) is 11.4 Å². The monoisotopic (exact) mass is 444 g/mol. The van der Waals surface area contributed by atoms with Crippen LogP contribution >= 0.6 is 11.6 Å². The number of ether oxygens (including phenoxy) is 1. The zero-order chi connectivity index (χ0) is 22.1. The molecule has 0 aliphatic rings. The predicted octanol–water partition coefficient (Wildman–Crippen LogP) is 3.34. The van der Waals surface area contributed by atoms with Gasteiger partial charge in [0.25, 0.3) is 11.6 Å². The Morgan fingerprint density at radius 3 is 2.40 bits per heavy atom. The van der Waals surface area contributed by atoms with E-state index in [9.17, 15) is 22.8 Å². The van der Waals surface area contributed by atoms with Crippen LogP contribution in [-0.2, 0) is 20.1 Å². The van der Waals surface area contributed by atoms with Gasteiger partial charge in [-0.25, -0.2) is 4.79 Å². The van der Waals surface area contributed by atoms with Crippen molar-refractivity contribution in [2.24, 2.45) is 7.05 Å². The molecule has 2 aromatic heterocycles. The summed E-state index contributed by atoms with van der Waals surface area (Å²) in [6.45, 7) is 1.48. The number of aryl methyl sites for hydroxylation is 1. The van der Waals surface area contributed by atoms with Gasteiger partial charge in [-0.3, -0.25) is 18.5 Å². The van der Waals surface area contributed by atoms with Crippen LogP contribution in [0.15, 0.2) is 33.9 Å². The first kappa shape index (κ1) is 21.9. The average Bonchev–Trinajstić information content (AvgIpc) is 3.03. The summed E-state index contributed by atoms with van der Waals surface area (Å²) in [6.07, 6.45) is -5.01. The quantitative estimate of drug-likeness (QED) is 0.560. The summed E-state index contributed by atoms with van der Waals surface area (Å²) in [5.74, 6) is 0. The first-order chi connectivity index (χ1) is 14.1. The van der Waals surface area contributed by atoms with Crippen molar-refractivity contribution < 1.29 is 17.9 Å². The van der Waals surface area contributed by atoms with Crippen molar-refractivity contribution in [3.8, 4) is 6.01 Å². The van der Waals surface area contributed by atoms with Gasteiger partial charge in [0, 0.05) is 18.6 Å². The minimum Gasteiger partial charge on any atom is -0.464 e. The highest BCUT2D eigenvalue weighted by molar-refractivity contribution is 6.30. The predicted molar refractivity (Wildman–Crippen MR) is 106 cm³/mol. The van der Waals surface area contributed by atoms with Crippen molar-refractivity contribution in [1.82, 2.24) is 18.7 Å². The van der Waals surface area contributed by atoms with Gasteiger partial charge in [0.1, 0.15) is 6.61 Å². The highest BCUT2D eigenvalue weighted by Crippen LogP contribution is 2.23. The zero-order valence-corrected chi connectivity index (χ0v) is 17.1. The Bertz CT molecular complexity index is 1160. The molecule has 0 amide bonds. The van der Waals surface area contributed by atoms with E-state index in [-0.39, 0.29) is 30.3 Å². The van der Waals surface area contributed by atoms with Crippen LogP contribution < -0.4 is 16.0 Å². The number of alkyl halides is 3. The van der Waals surface area contributed by atoms with Gasteiger partial charge >= 0.3 is 11.9 Å². The van der Waals surface area contributed by atoms with E-state index in [1.54, 1.807) is 24.3 Å². The maximum Gasteiger partial charge on any atom is 0.392 e. The second kappa shape index (κ2) is 8.55. The summed E-state index contributed by atoms with van der Waals surface area (Å²) >= 11 is 5.91. The minimum absolute atomic E-state index is 0.0494. The summed E-state index contributed by atoms with van der Waals surface area (Å²) in [4.78, 5) is 29.7. The van der Waals surface area contributed by atoms with Crippen LogP contribution in [0.4, 0.5) is 13.2 Å². The lowest BCUT2D eigenvalue weighted by molar-refractivity contribution is -0.139. The Hall–Kier alpha value is -2.75. The lowest BCUT2D eigenvalue weighted by Gasteiger charge is -2.12. The van der Waals surface area contributed by atoms with Crippen molar-refractivity contribution in [2.45, 2.75) is 39.0 Å². The average molecular weight is 445 g/mol. The fourth-order valence-electron chi connectivity index (χ4n) is 3.06. The van der Waals surface area contributed by atoms with Crippen molar-refractivity contribution in [2.75, 3.05) is 6.61 Å². The van der Waals surface area contributed by atoms with Crippen LogP contribution in [0.5, 0.6) is 6.01 Å². The Kier molecular flexibility index (Phi) is 6.25. The Labute approximate surface area is 174 Å². The van der Waals surface area contributed by atoms with Crippen molar-refractivity contribution in [3.63, 3.8) is 0 Å². The van der Waals surface area contributed by atoms with Crippen LogP contribution in [0.3, 0.4) is 0 Å². The highest BCUT2D eigenvalue weighted by Gasteiger charge is 2.28. The second-order valence-electron chi connectivity index (χ2n) is 6.79. The number of nitrogens with zero attached hydrogens (tertiary/aromatic N) is 4. The summed E-state index contributed by atoms with van der Waals surface area (Å²) in [5, 5.41) is 0.517. The largest absolute Gasteiger partial charge is 0.464 e. The number of halogens is 4. The molecule has 2 heterocycles. The first-order valence-electron chi connectivity index (χ1n) is 9.26. The minimum atomic E-state index is -4.40. The lowest BCUT2D eigenvalue weighted by Crippen LogP contribution is -2.39. The van der Waals surface area contributed by atoms with Crippen LogP contribution in [0, 0.1) is 0 Å². The molecule has 0 radical (unpaired) electrons. The van der Waals surface area contributed by atoms with E-state index in [2.05, 4.69) is 4.98 Å². The van der Waals surface area contributed by atoms with Gasteiger partial charge in [-0.15, -0.1) is 0 Å². The lowest BCUT2D eigenvalue weighted by atomic mass is 10.2. The summed E-state index contributed by atoms with van der Waals surface area (Å²) in [5.41, 5.74) is -0.250. The third-order valence-corrected chi connectivity index (χ3v) is 4.77. The number of aromatic nitrogens is 4. The molecule has 0 N–H and O–H groups in total. The maximum absolute atomic E-state index is 13.0. The van der Waals surface area contributed by atoms with Gasteiger partial charge in [0.15, 0.2) is 11.2 Å². The SMILES string of the molecule is CCCn1c(=O)c2c(nc(OCCC(F)(F)F)n2Cc2ccc(Cl)cc2)n(C)c1=O. The Morgan fingerprint density at radius 1 is 1.13 bits per heavy atom. The molecular formula is C19H20ClF3N4O3. The van der Waals surface area contributed by atoms with E-state index in [4.69, 9.17) is 16.3 Å². The maximum atomic E-state index is 13.0. The third-order valence-electron chi connectivity index (χ3n) is 4.52. The van der Waals surface area contributed by atoms with E-state index in [1.807, 2.05) is 6.92 Å². The molecule has 7 nitrogen and oxygen atoms in total. The van der Waals surface area contributed by atoms with E-state index in [0.717, 1.165) is 10.1 Å². The van der Waals surface area contributed by atoms with Crippen LogP contribution in [0.1, 0.15) is 25.3 Å². The highest BCUT2D eigenvalue weighted by atomic mass is 35.5. The fraction of sp³-hybridized carbons (Fsp3) is 0.421. The molecule has 0 aliphatic heterocycles. The fourth-order valence-corrected chi connectivity index (χ4v) is 3.19. The topological polar surface area (TPSA) is 71.1 Å². The molecular weight excluding hydrogens is 425 g/mol. The molecule has 1 aromatic carbocycles. The number of rotatable bonds is 7. The van der Waals surface area contributed by atoms with Gasteiger partial charge in [-0.2, -0.15) is 18.2 Å². The van der Waals surface area contributed by atoms with Gasteiger partial charge in [-0.1, -0.05) is 30.7 Å². The molecule has 0 bridgehead atoms. The van der Waals surface area contributed by atoms with Crippen molar-refractivity contribution in [1.29, 1.82) is 0 Å². The summed E-state index contributed by atoms with van der Waals surface area (Å²) in [6, 6.07) is 6.60. The number of imidazole rings is 1. The molecule has 30 heavy (non-hydrogen) atoms. The van der Waals surface area contributed by atoms with E-state index < -0.39 is 30.5 Å².